The number of nitrogens with zero attached hydrogens (tertiary/aromatic N) is 1. The fraction of sp³-hybridized carbons (Fsp3) is 0.231. The number of carbonyl (C=O) groups excluding carboxylic acids is 1. The molecule has 1 aromatic heterocycles. The van der Waals surface area contributed by atoms with Gasteiger partial charge >= 0.3 is 5.97 Å². The lowest BCUT2D eigenvalue weighted by Crippen LogP contribution is -2.26. The highest BCUT2D eigenvalue weighted by Gasteiger charge is 2.21. The van der Waals surface area contributed by atoms with Crippen LogP contribution in [0.3, 0.4) is 0 Å². The molecule has 0 N–H and O–H groups in total. The molecule has 0 radical (unpaired) electrons. The molecule has 0 saturated carbocycles. The van der Waals surface area contributed by atoms with Crippen molar-refractivity contribution in [1.29, 1.82) is 0 Å². The molecule has 19 heavy (non-hydrogen) atoms. The van der Waals surface area contributed by atoms with Crippen LogP contribution in [-0.4, -0.2) is 17.1 Å². The van der Waals surface area contributed by atoms with Gasteiger partial charge in [0.2, 0.25) is 0 Å². The molecular weight excluding hydrogens is 289 g/mol. The van der Waals surface area contributed by atoms with Gasteiger partial charge in [-0.25, -0.2) is 4.79 Å². The predicted molar refractivity (Wildman–Crippen MR) is 75.2 cm³/mol. The molecule has 1 aromatic carbocycles. The number of rotatable bonds is 2. The zero-order valence-corrected chi connectivity index (χ0v) is 11.9. The van der Waals surface area contributed by atoms with Gasteiger partial charge in [0.1, 0.15) is 5.56 Å². The Bertz CT molecular complexity index is 722. The fourth-order valence-corrected chi connectivity index (χ4v) is 2.34. The van der Waals surface area contributed by atoms with Gasteiger partial charge in [0.05, 0.1) is 17.1 Å². The lowest BCUT2D eigenvalue weighted by Gasteiger charge is -2.11. The number of ether oxygens (including phenoxy) is 1. The third kappa shape index (κ3) is 2.33. The van der Waals surface area contributed by atoms with Gasteiger partial charge in [0, 0.05) is 17.5 Å². The third-order valence-corrected chi connectivity index (χ3v) is 3.40. The summed E-state index contributed by atoms with van der Waals surface area (Å²) in [6.45, 7) is 1.83. The summed E-state index contributed by atoms with van der Waals surface area (Å²) in [5, 5.41) is 1.08. The Morgan fingerprint density at radius 3 is 2.68 bits per heavy atom. The molecule has 0 saturated heterocycles. The van der Waals surface area contributed by atoms with Crippen molar-refractivity contribution in [3.05, 3.63) is 44.2 Å². The first kappa shape index (κ1) is 13.9. The van der Waals surface area contributed by atoms with Gasteiger partial charge < -0.3 is 9.30 Å². The van der Waals surface area contributed by atoms with E-state index in [2.05, 4.69) is 0 Å². The minimum absolute atomic E-state index is 0.0686. The Hall–Kier alpha value is -1.52. The van der Waals surface area contributed by atoms with Crippen molar-refractivity contribution >= 4 is 40.1 Å². The van der Waals surface area contributed by atoms with Crippen LogP contribution in [-0.2, 0) is 11.8 Å². The van der Waals surface area contributed by atoms with E-state index in [0.29, 0.717) is 15.9 Å². The maximum Gasteiger partial charge on any atom is 0.345 e. The van der Waals surface area contributed by atoms with Crippen LogP contribution in [0.1, 0.15) is 17.3 Å². The van der Waals surface area contributed by atoms with Crippen LogP contribution in [0.25, 0.3) is 10.9 Å². The Balaban J connectivity index is 2.86. The summed E-state index contributed by atoms with van der Waals surface area (Å²) >= 11 is 12.1. The molecular formula is C13H11Cl2NO3. The molecule has 2 aromatic rings. The highest BCUT2D eigenvalue weighted by atomic mass is 35.5. The predicted octanol–water partition coefficient (Wildman–Crippen LogP) is 3.02. The van der Waals surface area contributed by atoms with Crippen LogP contribution in [0.15, 0.2) is 23.0 Å². The smallest absolute Gasteiger partial charge is 0.345 e. The molecule has 4 nitrogen and oxygen atoms in total. The average Bonchev–Trinajstić information content (AvgIpc) is 2.36. The molecule has 0 amide bonds. The van der Waals surface area contributed by atoms with E-state index < -0.39 is 11.5 Å². The Morgan fingerprint density at radius 2 is 2.05 bits per heavy atom. The van der Waals surface area contributed by atoms with E-state index in [1.807, 2.05) is 0 Å². The molecule has 0 unspecified atom stereocenters. The number of hydrogen-bond donors (Lipinski definition) is 0. The van der Waals surface area contributed by atoms with Crippen molar-refractivity contribution in [2.45, 2.75) is 6.92 Å². The summed E-state index contributed by atoms with van der Waals surface area (Å²) in [4.78, 5) is 24.0. The normalized spacial score (nSPS) is 10.7. The Kier molecular flexibility index (Phi) is 3.83. The summed E-state index contributed by atoms with van der Waals surface area (Å²) < 4.78 is 6.21. The summed E-state index contributed by atoms with van der Waals surface area (Å²) in [5.41, 5.74) is -0.0495. The first-order valence-corrected chi connectivity index (χ1v) is 6.37. The molecule has 0 aliphatic heterocycles. The fourth-order valence-electron chi connectivity index (χ4n) is 1.86. The quantitative estimate of drug-likeness (QED) is 0.801. The molecule has 1 heterocycles. The molecule has 0 spiro atoms. The Labute approximate surface area is 119 Å². The number of aromatic nitrogens is 1. The summed E-state index contributed by atoms with van der Waals surface area (Å²) in [5.74, 6) is -0.727. The van der Waals surface area contributed by atoms with Crippen LogP contribution in [0.2, 0.25) is 10.0 Å². The van der Waals surface area contributed by atoms with Crippen molar-refractivity contribution in [2.75, 3.05) is 6.61 Å². The van der Waals surface area contributed by atoms with Crippen molar-refractivity contribution in [3.63, 3.8) is 0 Å². The van der Waals surface area contributed by atoms with Crippen molar-refractivity contribution < 1.29 is 9.53 Å². The molecule has 0 aliphatic carbocycles. The van der Waals surface area contributed by atoms with Crippen LogP contribution in [0.4, 0.5) is 0 Å². The minimum Gasteiger partial charge on any atom is -0.462 e. The third-order valence-electron chi connectivity index (χ3n) is 2.77. The summed E-state index contributed by atoms with van der Waals surface area (Å²) in [7, 11) is 1.57. The van der Waals surface area contributed by atoms with Crippen molar-refractivity contribution in [3.8, 4) is 0 Å². The average molecular weight is 300 g/mol. The highest BCUT2D eigenvalue weighted by molar-refractivity contribution is 6.39. The Morgan fingerprint density at radius 1 is 1.37 bits per heavy atom. The topological polar surface area (TPSA) is 48.3 Å². The first-order chi connectivity index (χ1) is 8.97. The second-order valence-corrected chi connectivity index (χ2v) is 4.75. The van der Waals surface area contributed by atoms with Gasteiger partial charge in [-0.2, -0.15) is 0 Å². The minimum atomic E-state index is -0.727. The van der Waals surface area contributed by atoms with E-state index in [0.717, 1.165) is 0 Å². The lowest BCUT2D eigenvalue weighted by molar-refractivity contribution is 0.0524. The van der Waals surface area contributed by atoms with Crippen LogP contribution < -0.4 is 5.56 Å². The zero-order chi connectivity index (χ0) is 14.2. The van der Waals surface area contributed by atoms with E-state index in [1.165, 1.54) is 4.57 Å². The van der Waals surface area contributed by atoms with E-state index in [1.54, 1.807) is 32.2 Å². The molecule has 100 valence electrons. The standard InChI is InChI=1S/C13H11Cl2NO3/c1-3-19-13(18)10-11(15)8-6-7(14)4-5-9(8)16(2)12(10)17/h4-6H,3H2,1-2H3. The summed E-state index contributed by atoms with van der Waals surface area (Å²) in [6, 6.07) is 4.95. The maximum atomic E-state index is 12.1. The van der Waals surface area contributed by atoms with Crippen LogP contribution in [0, 0.1) is 0 Å². The first-order valence-electron chi connectivity index (χ1n) is 5.62. The van der Waals surface area contributed by atoms with E-state index in [4.69, 9.17) is 27.9 Å². The number of esters is 1. The largest absolute Gasteiger partial charge is 0.462 e. The highest BCUT2D eigenvalue weighted by Crippen LogP contribution is 2.27. The number of benzene rings is 1. The van der Waals surface area contributed by atoms with Crippen molar-refractivity contribution in [2.24, 2.45) is 7.05 Å². The van der Waals surface area contributed by atoms with E-state index >= 15 is 0 Å². The number of carbonyl (C=O) groups is 1. The van der Waals surface area contributed by atoms with Gasteiger partial charge in [-0.05, 0) is 25.1 Å². The molecule has 0 fully saturated rings. The monoisotopic (exact) mass is 299 g/mol. The SMILES string of the molecule is CCOC(=O)c1c(Cl)c2cc(Cl)ccc2n(C)c1=O. The van der Waals surface area contributed by atoms with E-state index in [9.17, 15) is 9.59 Å². The molecule has 0 aliphatic rings. The molecule has 6 heteroatoms. The number of fused-ring (bicyclic) bond motifs is 1. The van der Waals surface area contributed by atoms with E-state index in [-0.39, 0.29) is 17.2 Å². The second kappa shape index (κ2) is 5.23. The molecule has 0 atom stereocenters. The van der Waals surface area contributed by atoms with Crippen LogP contribution in [0.5, 0.6) is 0 Å². The number of aryl methyl sites for hydroxylation is 1. The van der Waals surface area contributed by atoms with Crippen molar-refractivity contribution in [1.82, 2.24) is 4.57 Å². The lowest BCUT2D eigenvalue weighted by atomic mass is 10.1. The van der Waals surface area contributed by atoms with Gasteiger partial charge in [0.25, 0.3) is 5.56 Å². The van der Waals surface area contributed by atoms with Crippen LogP contribution >= 0.6 is 23.2 Å². The maximum absolute atomic E-state index is 12.1. The number of halogens is 2. The zero-order valence-electron chi connectivity index (χ0n) is 10.4. The molecule has 0 bridgehead atoms. The summed E-state index contributed by atoms with van der Waals surface area (Å²) in [6.07, 6.45) is 0. The van der Waals surface area contributed by atoms with Gasteiger partial charge in [-0.15, -0.1) is 0 Å². The number of pyridine rings is 1. The second-order valence-electron chi connectivity index (χ2n) is 3.94. The van der Waals surface area contributed by atoms with Gasteiger partial charge in [-0.3, -0.25) is 4.79 Å². The van der Waals surface area contributed by atoms with Gasteiger partial charge in [-0.1, -0.05) is 23.2 Å². The molecule has 2 rings (SSSR count). The van der Waals surface area contributed by atoms with Gasteiger partial charge in [0.15, 0.2) is 0 Å². The number of hydrogen-bond acceptors (Lipinski definition) is 3.